The highest BCUT2D eigenvalue weighted by Gasteiger charge is 2.31. The van der Waals surface area contributed by atoms with Gasteiger partial charge >= 0.3 is 12.1 Å². The molecule has 1 aliphatic rings. The number of aromatic nitrogens is 1. The number of aliphatic carboxylic acids is 1. The molecule has 1 fully saturated rings. The van der Waals surface area contributed by atoms with Crippen LogP contribution in [0.15, 0.2) is 54.7 Å². The van der Waals surface area contributed by atoms with Crippen LogP contribution in [0.2, 0.25) is 0 Å². The Hall–Kier alpha value is -3.64. The summed E-state index contributed by atoms with van der Waals surface area (Å²) in [6.45, 7) is 1.81. The Morgan fingerprint density at radius 1 is 1.15 bits per heavy atom. The zero-order chi connectivity index (χ0) is 28.7. The van der Waals surface area contributed by atoms with Crippen molar-refractivity contribution in [3.63, 3.8) is 0 Å². The van der Waals surface area contributed by atoms with Crippen molar-refractivity contribution in [1.82, 2.24) is 9.88 Å². The molecule has 40 heavy (non-hydrogen) atoms. The maximum Gasteiger partial charge on any atom is 0.416 e. The van der Waals surface area contributed by atoms with E-state index < -0.39 is 23.9 Å². The lowest BCUT2D eigenvalue weighted by Crippen LogP contribution is -2.41. The summed E-state index contributed by atoms with van der Waals surface area (Å²) in [6, 6.07) is 11.8. The molecule has 3 aromatic rings. The summed E-state index contributed by atoms with van der Waals surface area (Å²) in [4.78, 5) is 17.8. The molecule has 3 atom stereocenters. The van der Waals surface area contributed by atoms with Gasteiger partial charge in [-0.05, 0) is 98.2 Å². The molecule has 1 aliphatic heterocycles. The van der Waals surface area contributed by atoms with Crippen LogP contribution in [0, 0.1) is 23.7 Å². The molecular formula is C31H32F4N2O3. The normalized spacial score (nSPS) is 18.6. The quantitative estimate of drug-likeness (QED) is 0.229. The number of carboxylic acid groups (broad SMARTS) is 1. The molecule has 0 bridgehead atoms. The molecule has 0 radical (unpaired) electrons. The SMILES string of the molecule is COc1ccc2nccc([C@H](F)CC[C@@H]3CCN(CC#Cc4ccc(C(F)(F)F)cc4)C[C@H]3CCC(=O)O)c2c1. The van der Waals surface area contributed by atoms with Crippen LogP contribution in [-0.2, 0) is 11.0 Å². The standard InChI is InChI=1S/C31H32F4N2O3/c1-40-25-10-12-29-27(19-25)26(14-16-36-29)28(32)11-6-22-15-18-37(20-23(22)7-13-30(38)39)17-2-3-21-4-8-24(9-5-21)31(33,34)35/h4-5,8-10,12,14,16,19,22-23,28H,6-7,11,13,15,17-18,20H2,1H3,(H,38,39)/t22-,23-,28-/m1/s1. The number of carboxylic acids is 1. The number of halogens is 4. The highest BCUT2D eigenvalue weighted by atomic mass is 19.4. The third kappa shape index (κ3) is 7.72. The maximum absolute atomic E-state index is 15.5. The van der Waals surface area contributed by atoms with Crippen LogP contribution in [0.5, 0.6) is 5.75 Å². The van der Waals surface area contributed by atoms with Crippen molar-refractivity contribution >= 4 is 16.9 Å². The molecule has 0 aliphatic carbocycles. The molecule has 1 N–H and O–H groups in total. The summed E-state index contributed by atoms with van der Waals surface area (Å²) >= 11 is 0. The molecule has 1 aromatic heterocycles. The van der Waals surface area contributed by atoms with Gasteiger partial charge in [0.2, 0.25) is 0 Å². The number of carbonyl (C=O) groups is 1. The number of hydrogen-bond acceptors (Lipinski definition) is 4. The van der Waals surface area contributed by atoms with Crippen LogP contribution >= 0.6 is 0 Å². The van der Waals surface area contributed by atoms with E-state index in [0.29, 0.717) is 54.7 Å². The lowest BCUT2D eigenvalue weighted by molar-refractivity contribution is -0.138. The lowest BCUT2D eigenvalue weighted by atomic mass is 9.79. The van der Waals surface area contributed by atoms with Crippen molar-refractivity contribution in [2.75, 3.05) is 26.7 Å². The second-order valence-corrected chi connectivity index (χ2v) is 10.2. The van der Waals surface area contributed by atoms with Gasteiger partial charge in [-0.3, -0.25) is 14.7 Å². The number of benzene rings is 2. The minimum Gasteiger partial charge on any atom is -0.497 e. The number of piperidine rings is 1. The Morgan fingerprint density at radius 3 is 2.62 bits per heavy atom. The van der Waals surface area contributed by atoms with Gasteiger partial charge in [0, 0.05) is 30.1 Å². The predicted molar refractivity (Wildman–Crippen MR) is 145 cm³/mol. The summed E-state index contributed by atoms with van der Waals surface area (Å²) in [7, 11) is 1.56. The zero-order valence-corrected chi connectivity index (χ0v) is 22.3. The van der Waals surface area contributed by atoms with E-state index in [1.807, 2.05) is 6.07 Å². The van der Waals surface area contributed by atoms with Crippen molar-refractivity contribution in [2.45, 2.75) is 44.5 Å². The summed E-state index contributed by atoms with van der Waals surface area (Å²) < 4.78 is 59.1. The Labute approximate surface area is 231 Å². The minimum atomic E-state index is -4.39. The molecule has 1 saturated heterocycles. The van der Waals surface area contributed by atoms with Gasteiger partial charge in [0.25, 0.3) is 0 Å². The van der Waals surface area contributed by atoms with E-state index in [2.05, 4.69) is 21.7 Å². The van der Waals surface area contributed by atoms with E-state index in [9.17, 15) is 23.1 Å². The van der Waals surface area contributed by atoms with Crippen molar-refractivity contribution in [2.24, 2.45) is 11.8 Å². The monoisotopic (exact) mass is 556 g/mol. The van der Waals surface area contributed by atoms with Gasteiger partial charge in [0.05, 0.1) is 24.7 Å². The Kier molecular flexibility index (Phi) is 9.64. The molecule has 0 amide bonds. The highest BCUT2D eigenvalue weighted by Crippen LogP contribution is 2.36. The number of hydrogen-bond donors (Lipinski definition) is 1. The van der Waals surface area contributed by atoms with Gasteiger partial charge in [-0.1, -0.05) is 11.8 Å². The van der Waals surface area contributed by atoms with Gasteiger partial charge in [-0.2, -0.15) is 13.2 Å². The van der Waals surface area contributed by atoms with Crippen molar-refractivity contribution < 1.29 is 32.2 Å². The first-order valence-corrected chi connectivity index (χ1v) is 13.3. The first-order chi connectivity index (χ1) is 19.1. The highest BCUT2D eigenvalue weighted by molar-refractivity contribution is 5.83. The first-order valence-electron chi connectivity index (χ1n) is 13.3. The molecule has 0 unspecified atom stereocenters. The summed E-state index contributed by atoms with van der Waals surface area (Å²) in [5.74, 6) is 5.98. The predicted octanol–water partition coefficient (Wildman–Crippen LogP) is 6.91. The van der Waals surface area contributed by atoms with Crippen LogP contribution in [0.1, 0.15) is 55.0 Å². The van der Waals surface area contributed by atoms with E-state index >= 15 is 4.39 Å². The lowest BCUT2D eigenvalue weighted by Gasteiger charge is -2.38. The zero-order valence-electron chi connectivity index (χ0n) is 22.3. The molecule has 0 spiro atoms. The van der Waals surface area contributed by atoms with E-state index in [1.165, 1.54) is 12.1 Å². The van der Waals surface area contributed by atoms with E-state index in [-0.39, 0.29) is 18.3 Å². The third-order valence-corrected chi connectivity index (χ3v) is 7.56. The van der Waals surface area contributed by atoms with Gasteiger partial charge in [-0.15, -0.1) is 0 Å². The Balaban J connectivity index is 1.38. The number of fused-ring (bicyclic) bond motifs is 1. The molecule has 2 aromatic carbocycles. The van der Waals surface area contributed by atoms with Gasteiger partial charge in [0.15, 0.2) is 0 Å². The molecule has 4 rings (SSSR count). The van der Waals surface area contributed by atoms with Crippen molar-refractivity contribution in [3.8, 4) is 17.6 Å². The van der Waals surface area contributed by atoms with Gasteiger partial charge in [-0.25, -0.2) is 4.39 Å². The van der Waals surface area contributed by atoms with E-state index in [4.69, 9.17) is 4.74 Å². The van der Waals surface area contributed by atoms with Crippen LogP contribution in [-0.4, -0.2) is 47.7 Å². The Morgan fingerprint density at radius 2 is 1.93 bits per heavy atom. The average Bonchev–Trinajstić information content (AvgIpc) is 2.94. The fraction of sp³-hybridized carbons (Fsp3) is 0.419. The largest absolute Gasteiger partial charge is 0.497 e. The third-order valence-electron chi connectivity index (χ3n) is 7.56. The number of alkyl halides is 4. The number of pyridine rings is 1. The summed E-state index contributed by atoms with van der Waals surface area (Å²) in [6.07, 6.45) is -1.69. The van der Waals surface area contributed by atoms with Crippen LogP contribution in [0.25, 0.3) is 10.9 Å². The topological polar surface area (TPSA) is 62.7 Å². The number of ether oxygens (including phenoxy) is 1. The number of likely N-dealkylation sites (tertiary alicyclic amines) is 1. The summed E-state index contributed by atoms with van der Waals surface area (Å²) in [5, 5.41) is 9.98. The van der Waals surface area contributed by atoms with Crippen LogP contribution in [0.4, 0.5) is 17.6 Å². The smallest absolute Gasteiger partial charge is 0.416 e. The second kappa shape index (κ2) is 13.1. The molecule has 212 valence electrons. The minimum absolute atomic E-state index is 0.0417. The fourth-order valence-electron chi connectivity index (χ4n) is 5.37. The molecule has 0 saturated carbocycles. The second-order valence-electron chi connectivity index (χ2n) is 10.2. The first kappa shape index (κ1) is 29.3. The maximum atomic E-state index is 15.5. The molecule has 2 heterocycles. The van der Waals surface area contributed by atoms with Crippen molar-refractivity contribution in [1.29, 1.82) is 0 Å². The van der Waals surface area contributed by atoms with Crippen molar-refractivity contribution in [3.05, 3.63) is 71.4 Å². The number of nitrogens with zero attached hydrogens (tertiary/aromatic N) is 2. The van der Waals surface area contributed by atoms with Gasteiger partial charge in [0.1, 0.15) is 11.9 Å². The fourth-order valence-corrected chi connectivity index (χ4v) is 5.37. The summed E-state index contributed by atoms with van der Waals surface area (Å²) in [5.41, 5.74) is 1.06. The van der Waals surface area contributed by atoms with Crippen LogP contribution in [0.3, 0.4) is 0 Å². The average molecular weight is 557 g/mol. The molecular weight excluding hydrogens is 524 g/mol. The van der Waals surface area contributed by atoms with Crippen LogP contribution < -0.4 is 4.74 Å². The molecule has 9 heteroatoms. The van der Waals surface area contributed by atoms with Gasteiger partial charge < -0.3 is 9.84 Å². The van der Waals surface area contributed by atoms with E-state index in [1.54, 1.807) is 31.5 Å². The Bertz CT molecular complexity index is 1360. The van der Waals surface area contributed by atoms with E-state index in [0.717, 1.165) is 30.5 Å². The number of rotatable bonds is 9. The molecule has 5 nitrogen and oxygen atoms in total. The number of methoxy groups -OCH3 is 1.